The lowest BCUT2D eigenvalue weighted by atomic mass is 9.96. The van der Waals surface area contributed by atoms with Crippen LogP contribution in [0.4, 0.5) is 5.69 Å². The second-order valence-electron chi connectivity index (χ2n) is 6.39. The molecule has 1 atom stereocenters. The number of benzene rings is 2. The van der Waals surface area contributed by atoms with E-state index in [2.05, 4.69) is 0 Å². The van der Waals surface area contributed by atoms with Crippen LogP contribution in [-0.4, -0.2) is 46.9 Å². The Morgan fingerprint density at radius 2 is 1.71 bits per heavy atom. The number of rotatable bonds is 6. The normalized spacial score (nSPS) is 16.1. The Balaban J connectivity index is 1.90. The monoisotopic (exact) mass is 385 g/mol. The highest BCUT2D eigenvalue weighted by molar-refractivity contribution is 5.98. The minimum atomic E-state index is -0.464. The van der Waals surface area contributed by atoms with Crippen molar-refractivity contribution in [3.8, 4) is 17.2 Å². The van der Waals surface area contributed by atoms with Crippen LogP contribution in [0.15, 0.2) is 36.4 Å². The predicted molar refractivity (Wildman–Crippen MR) is 104 cm³/mol. The van der Waals surface area contributed by atoms with Gasteiger partial charge in [-0.25, -0.2) is 4.79 Å². The summed E-state index contributed by atoms with van der Waals surface area (Å²) >= 11 is 0. The Hall–Kier alpha value is -3.22. The number of carbonyl (C=O) groups is 2. The maximum absolute atomic E-state index is 12.7. The van der Waals surface area contributed by atoms with E-state index in [0.717, 1.165) is 5.56 Å². The lowest BCUT2D eigenvalue weighted by molar-refractivity contribution is -0.117. The average Bonchev–Trinajstić information content (AvgIpc) is 3.13. The highest BCUT2D eigenvalue weighted by Gasteiger charge is 2.34. The first-order valence-corrected chi connectivity index (χ1v) is 8.81. The van der Waals surface area contributed by atoms with Crippen molar-refractivity contribution in [2.45, 2.75) is 12.3 Å². The fourth-order valence-electron chi connectivity index (χ4n) is 3.41. The maximum atomic E-state index is 12.7. The van der Waals surface area contributed by atoms with Crippen LogP contribution in [0.2, 0.25) is 0 Å². The van der Waals surface area contributed by atoms with Crippen molar-refractivity contribution in [1.82, 2.24) is 0 Å². The molecule has 1 unspecified atom stereocenters. The van der Waals surface area contributed by atoms with E-state index < -0.39 is 5.97 Å². The molecule has 0 bridgehead atoms. The second-order valence-corrected chi connectivity index (χ2v) is 6.39. The van der Waals surface area contributed by atoms with Crippen LogP contribution in [0, 0.1) is 0 Å². The molecule has 148 valence electrons. The van der Waals surface area contributed by atoms with Crippen molar-refractivity contribution in [3.05, 3.63) is 47.5 Å². The predicted octanol–water partition coefficient (Wildman–Crippen LogP) is 3.02. The fraction of sp³-hybridized carbons (Fsp3) is 0.333. The first-order chi connectivity index (χ1) is 13.5. The van der Waals surface area contributed by atoms with Crippen LogP contribution < -0.4 is 19.1 Å². The summed E-state index contributed by atoms with van der Waals surface area (Å²) in [6.45, 7) is 0.489. The third-order valence-electron chi connectivity index (χ3n) is 4.90. The molecule has 7 nitrogen and oxygen atoms in total. The number of ether oxygens (including phenoxy) is 4. The molecule has 0 radical (unpaired) electrons. The van der Waals surface area contributed by atoms with Gasteiger partial charge in [-0.3, -0.25) is 4.79 Å². The van der Waals surface area contributed by atoms with E-state index in [4.69, 9.17) is 18.9 Å². The molecule has 1 fully saturated rings. The lowest BCUT2D eigenvalue weighted by Crippen LogP contribution is -2.24. The van der Waals surface area contributed by atoms with Crippen LogP contribution in [0.5, 0.6) is 17.2 Å². The van der Waals surface area contributed by atoms with Gasteiger partial charge in [-0.15, -0.1) is 0 Å². The molecule has 0 aromatic heterocycles. The van der Waals surface area contributed by atoms with Gasteiger partial charge < -0.3 is 23.8 Å². The van der Waals surface area contributed by atoms with Gasteiger partial charge >= 0.3 is 5.97 Å². The molecule has 0 saturated carbocycles. The van der Waals surface area contributed by atoms with E-state index in [0.29, 0.717) is 41.5 Å². The van der Waals surface area contributed by atoms with Crippen molar-refractivity contribution >= 4 is 17.6 Å². The van der Waals surface area contributed by atoms with Crippen LogP contribution >= 0.6 is 0 Å². The Kier molecular flexibility index (Phi) is 5.73. The fourth-order valence-corrected chi connectivity index (χ4v) is 3.41. The summed E-state index contributed by atoms with van der Waals surface area (Å²) in [6, 6.07) is 10.6. The van der Waals surface area contributed by atoms with Gasteiger partial charge in [0.05, 0.1) is 34.1 Å². The first-order valence-electron chi connectivity index (χ1n) is 8.81. The molecule has 28 heavy (non-hydrogen) atoms. The summed E-state index contributed by atoms with van der Waals surface area (Å²) < 4.78 is 20.8. The van der Waals surface area contributed by atoms with Gasteiger partial charge in [0, 0.05) is 24.9 Å². The van der Waals surface area contributed by atoms with Crippen LogP contribution in [0.1, 0.15) is 28.3 Å². The molecule has 3 rings (SSSR count). The molecule has 0 spiro atoms. The molecule has 7 heteroatoms. The molecule has 1 saturated heterocycles. The SMILES string of the molecule is COC(=O)c1ccc(C2CC(=O)N(c3cc(OC)ccc3OC)C2)cc1OC. The summed E-state index contributed by atoms with van der Waals surface area (Å²) in [7, 11) is 5.97. The number of hydrogen-bond acceptors (Lipinski definition) is 6. The molecule has 0 N–H and O–H groups in total. The first kappa shape index (κ1) is 19.5. The van der Waals surface area contributed by atoms with Crippen molar-refractivity contribution in [2.24, 2.45) is 0 Å². The lowest BCUT2D eigenvalue weighted by Gasteiger charge is -2.20. The van der Waals surface area contributed by atoms with Gasteiger partial charge in [0.2, 0.25) is 5.91 Å². The van der Waals surface area contributed by atoms with E-state index >= 15 is 0 Å². The topological polar surface area (TPSA) is 74.3 Å². The number of amides is 1. The Morgan fingerprint density at radius 3 is 2.36 bits per heavy atom. The smallest absolute Gasteiger partial charge is 0.341 e. The van der Waals surface area contributed by atoms with E-state index in [9.17, 15) is 9.59 Å². The van der Waals surface area contributed by atoms with Crippen molar-refractivity contribution < 1.29 is 28.5 Å². The molecule has 1 aliphatic heterocycles. The molecule has 1 aliphatic rings. The van der Waals surface area contributed by atoms with Crippen LogP contribution in [0.25, 0.3) is 0 Å². The Morgan fingerprint density at radius 1 is 0.964 bits per heavy atom. The van der Waals surface area contributed by atoms with E-state index in [-0.39, 0.29) is 11.8 Å². The molecule has 1 amide bonds. The summed E-state index contributed by atoms with van der Waals surface area (Å²) in [6.07, 6.45) is 0.348. The number of nitrogens with zero attached hydrogens (tertiary/aromatic N) is 1. The van der Waals surface area contributed by atoms with Crippen LogP contribution in [-0.2, 0) is 9.53 Å². The number of hydrogen-bond donors (Lipinski definition) is 0. The van der Waals surface area contributed by atoms with Gasteiger partial charge in [0.15, 0.2) is 0 Å². The van der Waals surface area contributed by atoms with Crippen LogP contribution in [0.3, 0.4) is 0 Å². The second kappa shape index (κ2) is 8.21. The quantitative estimate of drug-likeness (QED) is 0.712. The number of methoxy groups -OCH3 is 4. The molecule has 2 aromatic rings. The molecular formula is C21H23NO6. The van der Waals surface area contributed by atoms with Gasteiger partial charge in [-0.05, 0) is 29.8 Å². The number of anilines is 1. The summed E-state index contributed by atoms with van der Waals surface area (Å²) in [5, 5.41) is 0. The van der Waals surface area contributed by atoms with E-state index in [1.807, 2.05) is 6.07 Å². The maximum Gasteiger partial charge on any atom is 0.341 e. The third kappa shape index (κ3) is 3.60. The Labute approximate surface area is 163 Å². The van der Waals surface area contributed by atoms with Gasteiger partial charge in [-0.1, -0.05) is 6.07 Å². The highest BCUT2D eigenvalue weighted by Crippen LogP contribution is 2.39. The van der Waals surface area contributed by atoms with Crippen molar-refractivity contribution in [3.63, 3.8) is 0 Å². The van der Waals surface area contributed by atoms with Gasteiger partial charge in [-0.2, -0.15) is 0 Å². The summed E-state index contributed by atoms with van der Waals surface area (Å²) in [4.78, 5) is 26.3. The van der Waals surface area contributed by atoms with Gasteiger partial charge in [0.1, 0.15) is 22.8 Å². The van der Waals surface area contributed by atoms with Crippen molar-refractivity contribution in [1.29, 1.82) is 0 Å². The number of esters is 1. The minimum absolute atomic E-state index is 0.00688. The third-order valence-corrected chi connectivity index (χ3v) is 4.90. The zero-order chi connectivity index (χ0) is 20.3. The standard InChI is InChI=1S/C21H23NO6/c1-25-15-6-8-18(26-2)17(11-15)22-12-14(10-20(22)23)13-5-7-16(21(24)28-4)19(9-13)27-3/h5-9,11,14H,10,12H2,1-4H3. The Bertz CT molecular complexity index is 894. The molecular weight excluding hydrogens is 362 g/mol. The molecule has 1 heterocycles. The minimum Gasteiger partial charge on any atom is -0.497 e. The van der Waals surface area contributed by atoms with Gasteiger partial charge in [0.25, 0.3) is 0 Å². The zero-order valence-electron chi connectivity index (χ0n) is 16.4. The van der Waals surface area contributed by atoms with Crippen molar-refractivity contribution in [2.75, 3.05) is 39.9 Å². The summed E-state index contributed by atoms with van der Waals surface area (Å²) in [5.74, 6) is 1.17. The van der Waals surface area contributed by atoms with E-state index in [1.54, 1.807) is 49.5 Å². The number of carbonyl (C=O) groups excluding carboxylic acids is 2. The molecule has 0 aliphatic carbocycles. The largest absolute Gasteiger partial charge is 0.497 e. The highest BCUT2D eigenvalue weighted by atomic mass is 16.5. The molecule has 2 aromatic carbocycles. The zero-order valence-corrected chi connectivity index (χ0v) is 16.4. The summed E-state index contributed by atoms with van der Waals surface area (Å²) in [5.41, 5.74) is 1.94. The average molecular weight is 385 g/mol. The van der Waals surface area contributed by atoms with E-state index in [1.165, 1.54) is 14.2 Å².